The summed E-state index contributed by atoms with van der Waals surface area (Å²) >= 11 is 0.958. The summed E-state index contributed by atoms with van der Waals surface area (Å²) in [4.78, 5) is 92.2. The second-order valence-corrected chi connectivity index (χ2v) is 16.3. The fraction of sp³-hybridized carbons (Fsp3) is 0.366. The molecule has 5 rings (SSSR count). The van der Waals surface area contributed by atoms with Gasteiger partial charge < -0.3 is 45.2 Å². The highest BCUT2D eigenvalue weighted by Crippen LogP contribution is 2.19. The lowest BCUT2D eigenvalue weighted by Gasteiger charge is -2.37. The van der Waals surface area contributed by atoms with Crippen molar-refractivity contribution in [2.24, 2.45) is 5.16 Å². The minimum Gasteiger partial charge on any atom is -0.483 e. The van der Waals surface area contributed by atoms with Crippen molar-refractivity contribution in [1.82, 2.24) is 31.0 Å². The average Bonchev–Trinajstić information content (AvgIpc) is 3.65. The van der Waals surface area contributed by atoms with Gasteiger partial charge in [-0.1, -0.05) is 65.8 Å². The third kappa shape index (κ3) is 14.4. The number of nitrogens with one attached hydrogen (secondary N) is 5. The van der Waals surface area contributed by atoms with Gasteiger partial charge >= 0.3 is 18.1 Å². The maximum absolute atomic E-state index is 13.6. The monoisotopic (exact) mass is 860 g/mol. The molecule has 324 valence electrons. The number of benzene rings is 2. The Labute approximate surface area is 355 Å². The van der Waals surface area contributed by atoms with Crippen molar-refractivity contribution < 1.29 is 47.9 Å². The van der Waals surface area contributed by atoms with E-state index < -0.39 is 70.9 Å². The van der Waals surface area contributed by atoms with Gasteiger partial charge in [0.25, 0.3) is 5.91 Å². The lowest BCUT2D eigenvalue weighted by molar-refractivity contribution is -0.160. The number of nitrogens with zero attached hydrogens (tertiary/aromatic N) is 3. The van der Waals surface area contributed by atoms with Gasteiger partial charge in [-0.3, -0.25) is 19.7 Å². The van der Waals surface area contributed by atoms with Crippen LogP contribution in [0.15, 0.2) is 88.3 Å². The Morgan fingerprint density at radius 3 is 2.18 bits per heavy atom. The number of carbonyl (C=O) groups excluding carboxylic acids is 5. The van der Waals surface area contributed by atoms with Crippen molar-refractivity contribution in [3.63, 3.8) is 0 Å². The Morgan fingerprint density at radius 2 is 1.54 bits per heavy atom. The number of hydrogen-bond donors (Lipinski definition) is 5. The van der Waals surface area contributed by atoms with E-state index in [9.17, 15) is 28.8 Å². The van der Waals surface area contributed by atoms with E-state index in [0.29, 0.717) is 5.69 Å². The number of urea groups is 1. The predicted molar refractivity (Wildman–Crippen MR) is 223 cm³/mol. The first-order valence-electron chi connectivity index (χ1n) is 19.0. The first-order chi connectivity index (χ1) is 28.9. The van der Waals surface area contributed by atoms with E-state index in [2.05, 4.69) is 36.7 Å². The van der Waals surface area contributed by atoms with E-state index in [-0.39, 0.29) is 42.9 Å². The fourth-order valence-electron chi connectivity index (χ4n) is 5.33. The van der Waals surface area contributed by atoms with E-state index in [1.807, 2.05) is 60.7 Å². The van der Waals surface area contributed by atoms with Gasteiger partial charge in [0.2, 0.25) is 17.9 Å². The van der Waals surface area contributed by atoms with E-state index in [4.69, 9.17) is 23.9 Å². The van der Waals surface area contributed by atoms with E-state index >= 15 is 0 Å². The molecule has 20 heteroatoms. The number of thiazole rings is 1. The Hall–Kier alpha value is -6.96. The number of esters is 1. The van der Waals surface area contributed by atoms with Crippen LogP contribution in [-0.2, 0) is 48.5 Å². The highest BCUT2D eigenvalue weighted by molar-refractivity contribution is 7.14. The molecule has 61 heavy (non-hydrogen) atoms. The molecular formula is C41H48N8O11S. The van der Waals surface area contributed by atoms with Crippen molar-refractivity contribution in [3.8, 4) is 5.75 Å². The predicted octanol–water partition coefficient (Wildman–Crippen LogP) is 3.40. The minimum atomic E-state index is -1.12. The molecule has 0 aliphatic carbocycles. The summed E-state index contributed by atoms with van der Waals surface area (Å²) in [6.45, 7) is 9.50. The van der Waals surface area contributed by atoms with Crippen molar-refractivity contribution in [3.05, 3.63) is 111 Å². The average molecular weight is 861 g/mol. The number of carbonyl (C=O) groups is 5. The van der Waals surface area contributed by atoms with Crippen LogP contribution in [0.4, 0.5) is 14.7 Å². The van der Waals surface area contributed by atoms with Crippen LogP contribution in [-0.4, -0.2) is 81.8 Å². The molecule has 1 aliphatic rings. The van der Waals surface area contributed by atoms with E-state index in [0.717, 1.165) is 22.5 Å². The van der Waals surface area contributed by atoms with Crippen LogP contribution in [0.3, 0.4) is 0 Å². The molecular weight excluding hydrogens is 813 g/mol. The summed E-state index contributed by atoms with van der Waals surface area (Å²) < 4.78 is 17.6. The summed E-state index contributed by atoms with van der Waals surface area (Å²) in [5.41, 5.74) is -0.423. The molecule has 1 aliphatic heterocycles. The van der Waals surface area contributed by atoms with Crippen LogP contribution in [0, 0.1) is 0 Å². The SMILES string of the molecule is CC(C)(C)OC(=O)CON=C(C(=O)NC1C(=O)NC1CNC(=O)NCc1cc(=O)c(OCc2ccccc2)cn1OCc1ccccc1)c1csc(NC(=O)OC(C)(C)C)n1. The molecule has 0 radical (unpaired) electrons. The lowest BCUT2D eigenvalue weighted by Crippen LogP contribution is -2.72. The normalized spacial score (nSPS) is 15.0. The summed E-state index contributed by atoms with van der Waals surface area (Å²) in [5.74, 6) is -2.15. The number of β-lactam (4-membered cyclic amide) rings is 1. The summed E-state index contributed by atoms with van der Waals surface area (Å²) in [7, 11) is 0. The Morgan fingerprint density at radius 1 is 0.885 bits per heavy atom. The van der Waals surface area contributed by atoms with Gasteiger partial charge in [0.1, 0.15) is 36.2 Å². The Kier molecular flexibility index (Phi) is 15.0. The second-order valence-electron chi connectivity index (χ2n) is 15.4. The third-order valence-corrected chi connectivity index (χ3v) is 8.81. The van der Waals surface area contributed by atoms with Crippen LogP contribution in [0.2, 0.25) is 0 Å². The van der Waals surface area contributed by atoms with Gasteiger partial charge in [-0.25, -0.2) is 19.4 Å². The quantitative estimate of drug-likeness (QED) is 0.0445. The first kappa shape index (κ1) is 45.1. The summed E-state index contributed by atoms with van der Waals surface area (Å²) in [6, 6.07) is 17.5. The molecule has 5 N–H and O–H groups in total. The molecule has 2 atom stereocenters. The third-order valence-electron chi connectivity index (χ3n) is 8.05. The Bertz CT molecular complexity index is 2270. The zero-order chi connectivity index (χ0) is 44.2. The van der Waals surface area contributed by atoms with Crippen LogP contribution >= 0.6 is 11.3 Å². The highest BCUT2D eigenvalue weighted by Gasteiger charge is 2.41. The molecule has 3 heterocycles. The van der Waals surface area contributed by atoms with Crippen LogP contribution in [0.5, 0.6) is 5.75 Å². The summed E-state index contributed by atoms with van der Waals surface area (Å²) in [5, 5.41) is 18.3. The van der Waals surface area contributed by atoms with Gasteiger partial charge in [-0.2, -0.15) is 4.73 Å². The van der Waals surface area contributed by atoms with E-state index in [1.165, 1.54) is 22.4 Å². The topological polar surface area (TPSA) is 239 Å². The second kappa shape index (κ2) is 20.3. The van der Waals surface area contributed by atoms with Crippen molar-refractivity contribution in [1.29, 1.82) is 0 Å². The molecule has 2 unspecified atom stereocenters. The number of pyridine rings is 1. The number of rotatable bonds is 17. The van der Waals surface area contributed by atoms with Crippen molar-refractivity contribution in [2.45, 2.75) is 84.6 Å². The number of ether oxygens (including phenoxy) is 3. The van der Waals surface area contributed by atoms with Gasteiger partial charge in [0, 0.05) is 18.0 Å². The molecule has 0 bridgehead atoms. The molecule has 1 fully saturated rings. The molecule has 19 nitrogen and oxygen atoms in total. The molecule has 4 aromatic rings. The van der Waals surface area contributed by atoms with Crippen molar-refractivity contribution in [2.75, 3.05) is 18.5 Å². The fourth-order valence-corrected chi connectivity index (χ4v) is 6.01. The van der Waals surface area contributed by atoms with Crippen LogP contribution < -0.4 is 41.6 Å². The maximum atomic E-state index is 13.6. The number of aromatic nitrogens is 2. The van der Waals surface area contributed by atoms with Crippen molar-refractivity contribution >= 4 is 52.1 Å². The zero-order valence-corrected chi connectivity index (χ0v) is 35.3. The van der Waals surface area contributed by atoms with Crippen LogP contribution in [0.25, 0.3) is 0 Å². The van der Waals surface area contributed by atoms with Gasteiger partial charge in [-0.15, -0.1) is 11.3 Å². The maximum Gasteiger partial charge on any atom is 0.413 e. The first-order valence-corrected chi connectivity index (χ1v) is 19.9. The largest absolute Gasteiger partial charge is 0.483 e. The molecule has 0 spiro atoms. The highest BCUT2D eigenvalue weighted by atomic mass is 32.1. The minimum absolute atomic E-state index is 0.0476. The smallest absolute Gasteiger partial charge is 0.413 e. The van der Waals surface area contributed by atoms with Gasteiger partial charge in [0.05, 0.1) is 24.5 Å². The molecule has 5 amide bonds. The van der Waals surface area contributed by atoms with E-state index in [1.54, 1.807) is 41.5 Å². The zero-order valence-electron chi connectivity index (χ0n) is 34.4. The molecule has 0 saturated carbocycles. The number of hydrogen-bond acceptors (Lipinski definition) is 14. The molecule has 1 saturated heterocycles. The van der Waals surface area contributed by atoms with Crippen LogP contribution in [0.1, 0.15) is 64.1 Å². The lowest BCUT2D eigenvalue weighted by atomic mass is 9.98. The molecule has 2 aromatic carbocycles. The molecule has 2 aromatic heterocycles. The number of amides is 5. The van der Waals surface area contributed by atoms with Gasteiger partial charge in [0.15, 0.2) is 16.6 Å². The summed E-state index contributed by atoms with van der Waals surface area (Å²) in [6.07, 6.45) is 0.639. The number of oxime groups is 1. The Balaban J connectivity index is 1.21. The standard InChI is InChI=1S/C41H48N8O11S/c1-40(2,3)59-32(51)23-57-48-34(29-24-61-38(45-29)47-39(55)60-41(4,5)6)36(53)46-33-28(44-35(33)52)19-43-37(54)42-18-27-17-30(50)31(56-21-25-13-9-7-10-14-25)20-49(27)58-22-26-15-11-8-12-16-26/h7-17,20,24,28,33H,18-19,21-23H2,1-6H3,(H,44,52)(H,46,53)(H2,42,43,54)(H,45,47,55). The number of anilines is 1. The van der Waals surface area contributed by atoms with Gasteiger partial charge in [-0.05, 0) is 52.7 Å².